The summed E-state index contributed by atoms with van der Waals surface area (Å²) < 4.78 is 0. The van der Waals surface area contributed by atoms with Gasteiger partial charge in [0.1, 0.15) is 0 Å². The second-order valence-electron chi connectivity index (χ2n) is 8.23. The van der Waals surface area contributed by atoms with Gasteiger partial charge in [-0.3, -0.25) is 10.2 Å². The first-order chi connectivity index (χ1) is 13.5. The van der Waals surface area contributed by atoms with Crippen molar-refractivity contribution in [2.24, 2.45) is 5.92 Å². The number of nitrogens with zero attached hydrogens (tertiary/aromatic N) is 1. The maximum Gasteiger partial charge on any atom is 0.211 e. The van der Waals surface area contributed by atoms with Crippen LogP contribution in [0, 0.1) is 11.3 Å². The Morgan fingerprint density at radius 1 is 1.29 bits per heavy atom. The maximum atomic E-state index is 10.7. The fraction of sp³-hybridized carbons (Fsp3) is 0.478. The lowest BCUT2D eigenvalue weighted by molar-refractivity contribution is -0.105. The number of hydrogen-bond acceptors (Lipinski definition) is 4. The molecule has 0 atom stereocenters. The lowest BCUT2D eigenvalue weighted by atomic mass is 9.84. The normalized spacial score (nSPS) is 18.5. The van der Waals surface area contributed by atoms with E-state index in [1.807, 2.05) is 0 Å². The summed E-state index contributed by atoms with van der Waals surface area (Å²) in [7, 11) is 0. The second kappa shape index (κ2) is 9.20. The van der Waals surface area contributed by atoms with Crippen molar-refractivity contribution in [1.29, 1.82) is 5.41 Å². The number of amides is 1. The Hall–Kier alpha value is -2.40. The Morgan fingerprint density at radius 3 is 2.64 bits per heavy atom. The number of benzene rings is 1. The number of nitrogen functional groups attached to an aromatic ring is 1. The molecule has 0 radical (unpaired) electrons. The fourth-order valence-corrected chi connectivity index (χ4v) is 4.21. The zero-order chi connectivity index (χ0) is 20.1. The first kappa shape index (κ1) is 20.3. The fourth-order valence-electron chi connectivity index (χ4n) is 4.21. The van der Waals surface area contributed by atoms with Crippen LogP contribution >= 0.6 is 0 Å². The molecule has 1 aliphatic carbocycles. The van der Waals surface area contributed by atoms with Gasteiger partial charge in [-0.1, -0.05) is 17.7 Å². The number of carbonyl (C=O) groups is 1. The number of nitrogens with one attached hydrogen (secondary N) is 2. The molecular formula is C23H32N4O. The smallest absolute Gasteiger partial charge is 0.211 e. The molecule has 1 aliphatic heterocycles. The van der Waals surface area contributed by atoms with E-state index in [0.29, 0.717) is 35.1 Å². The molecule has 2 aliphatic rings. The van der Waals surface area contributed by atoms with E-state index < -0.39 is 0 Å². The molecule has 5 nitrogen and oxygen atoms in total. The third kappa shape index (κ3) is 4.90. The molecule has 150 valence electrons. The average Bonchev–Trinajstić information content (AvgIpc) is 2.70. The molecule has 0 saturated carbocycles. The standard InChI is InChI=1S/C23H32N4O/c1-16(2)27-11-9-18(10-12-27)13-17-3-5-19(6-4-17)23(25)21-14-20(26-15-28)7-8-22(21)24/h3,5,7-8,14-16,18,25H,4,6,9-13,24H2,1-2H3,(H,26,28). The number of allylic oxidation sites excluding steroid dienone is 4. The van der Waals surface area contributed by atoms with Gasteiger partial charge in [-0.2, -0.15) is 0 Å². The summed E-state index contributed by atoms with van der Waals surface area (Å²) in [6.07, 6.45) is 10.6. The van der Waals surface area contributed by atoms with Gasteiger partial charge in [-0.25, -0.2) is 0 Å². The van der Waals surface area contributed by atoms with Crippen LogP contribution in [0.5, 0.6) is 0 Å². The summed E-state index contributed by atoms with van der Waals surface area (Å²) in [5.41, 5.74) is 10.9. The van der Waals surface area contributed by atoms with E-state index in [1.165, 1.54) is 37.9 Å². The predicted octanol–water partition coefficient (Wildman–Crippen LogP) is 4.36. The van der Waals surface area contributed by atoms with Crippen molar-refractivity contribution < 1.29 is 4.79 Å². The van der Waals surface area contributed by atoms with Crippen LogP contribution in [0.15, 0.2) is 41.5 Å². The van der Waals surface area contributed by atoms with Crippen LogP contribution in [-0.4, -0.2) is 36.2 Å². The first-order valence-electron chi connectivity index (χ1n) is 10.3. The van der Waals surface area contributed by atoms with Crippen LogP contribution in [0.4, 0.5) is 11.4 Å². The number of hydrogen-bond donors (Lipinski definition) is 3. The minimum Gasteiger partial charge on any atom is -0.398 e. The van der Waals surface area contributed by atoms with Crippen molar-refractivity contribution in [2.75, 3.05) is 24.1 Å². The lowest BCUT2D eigenvalue weighted by Gasteiger charge is -2.35. The predicted molar refractivity (Wildman–Crippen MR) is 117 cm³/mol. The highest BCUT2D eigenvalue weighted by molar-refractivity contribution is 6.14. The number of rotatable bonds is 7. The number of nitrogens with two attached hydrogens (primary N) is 1. The Bertz CT molecular complexity index is 786. The van der Waals surface area contributed by atoms with Crippen molar-refractivity contribution in [2.45, 2.75) is 52.0 Å². The van der Waals surface area contributed by atoms with Crippen LogP contribution in [0.25, 0.3) is 0 Å². The van der Waals surface area contributed by atoms with Crippen LogP contribution in [0.2, 0.25) is 0 Å². The topological polar surface area (TPSA) is 82.2 Å². The van der Waals surface area contributed by atoms with Gasteiger partial charge in [-0.05, 0) is 88.7 Å². The monoisotopic (exact) mass is 380 g/mol. The Labute approximate surface area is 168 Å². The van der Waals surface area contributed by atoms with Gasteiger partial charge >= 0.3 is 0 Å². The molecule has 3 rings (SSSR count). The highest BCUT2D eigenvalue weighted by Gasteiger charge is 2.22. The summed E-state index contributed by atoms with van der Waals surface area (Å²) in [5, 5.41) is 11.2. The molecule has 1 aromatic rings. The zero-order valence-corrected chi connectivity index (χ0v) is 17.0. The Kier molecular flexibility index (Phi) is 6.68. The van der Waals surface area contributed by atoms with Gasteiger partial charge in [0.15, 0.2) is 0 Å². The zero-order valence-electron chi connectivity index (χ0n) is 17.0. The van der Waals surface area contributed by atoms with Gasteiger partial charge in [0.05, 0.1) is 5.71 Å². The van der Waals surface area contributed by atoms with Crippen molar-refractivity contribution >= 4 is 23.5 Å². The van der Waals surface area contributed by atoms with Crippen molar-refractivity contribution in [1.82, 2.24) is 4.90 Å². The first-order valence-corrected chi connectivity index (χ1v) is 10.3. The minimum absolute atomic E-state index is 0.451. The van der Waals surface area contributed by atoms with E-state index in [1.54, 1.807) is 18.2 Å². The molecular weight excluding hydrogens is 348 g/mol. The molecule has 1 aromatic carbocycles. The minimum atomic E-state index is 0.451. The number of likely N-dealkylation sites (tertiary alicyclic amines) is 1. The van der Waals surface area contributed by atoms with E-state index in [-0.39, 0.29) is 0 Å². The molecule has 5 heteroatoms. The van der Waals surface area contributed by atoms with Gasteiger partial charge in [-0.15, -0.1) is 0 Å². The molecule has 1 saturated heterocycles. The maximum absolute atomic E-state index is 10.7. The number of piperidine rings is 1. The second-order valence-corrected chi connectivity index (χ2v) is 8.23. The van der Waals surface area contributed by atoms with Crippen LogP contribution in [0.1, 0.15) is 51.5 Å². The third-order valence-electron chi connectivity index (χ3n) is 6.04. The van der Waals surface area contributed by atoms with Crippen molar-refractivity contribution in [3.8, 4) is 0 Å². The summed E-state index contributed by atoms with van der Waals surface area (Å²) in [6.45, 7) is 6.99. The highest BCUT2D eigenvalue weighted by atomic mass is 16.1. The lowest BCUT2D eigenvalue weighted by Crippen LogP contribution is -2.38. The van der Waals surface area contributed by atoms with Gasteiger partial charge in [0.2, 0.25) is 6.41 Å². The SMILES string of the molecule is CC(C)N1CCC(CC2=CC=C(C(=N)c3cc(NC=O)ccc3N)CC2)CC1. The third-order valence-corrected chi connectivity index (χ3v) is 6.04. The van der Waals surface area contributed by atoms with Gasteiger partial charge in [0, 0.05) is 23.0 Å². The molecule has 0 spiro atoms. The summed E-state index contributed by atoms with van der Waals surface area (Å²) in [4.78, 5) is 13.2. The highest BCUT2D eigenvalue weighted by Crippen LogP contribution is 2.31. The number of anilines is 2. The van der Waals surface area contributed by atoms with E-state index in [4.69, 9.17) is 11.1 Å². The van der Waals surface area contributed by atoms with E-state index in [2.05, 4.69) is 36.2 Å². The number of carbonyl (C=O) groups excluding carboxylic acids is 1. The Morgan fingerprint density at radius 2 is 2.04 bits per heavy atom. The average molecular weight is 381 g/mol. The molecule has 1 heterocycles. The summed E-state index contributed by atoms with van der Waals surface area (Å²) in [5.74, 6) is 0.789. The molecule has 4 N–H and O–H groups in total. The molecule has 1 fully saturated rings. The molecule has 0 aromatic heterocycles. The largest absolute Gasteiger partial charge is 0.398 e. The quantitative estimate of drug-likeness (QED) is 0.373. The Balaban J connectivity index is 1.63. The molecule has 0 bridgehead atoms. The van der Waals surface area contributed by atoms with E-state index in [0.717, 1.165) is 24.3 Å². The van der Waals surface area contributed by atoms with Crippen LogP contribution in [0.3, 0.4) is 0 Å². The van der Waals surface area contributed by atoms with Crippen molar-refractivity contribution in [3.05, 3.63) is 47.1 Å². The van der Waals surface area contributed by atoms with Gasteiger partial charge < -0.3 is 16.0 Å². The van der Waals surface area contributed by atoms with Crippen molar-refractivity contribution in [3.63, 3.8) is 0 Å². The van der Waals surface area contributed by atoms with E-state index in [9.17, 15) is 4.79 Å². The summed E-state index contributed by atoms with van der Waals surface area (Å²) in [6, 6.07) is 5.91. The van der Waals surface area contributed by atoms with Crippen LogP contribution in [-0.2, 0) is 4.79 Å². The van der Waals surface area contributed by atoms with Crippen LogP contribution < -0.4 is 11.1 Å². The molecule has 1 amide bonds. The summed E-state index contributed by atoms with van der Waals surface area (Å²) >= 11 is 0. The van der Waals surface area contributed by atoms with Gasteiger partial charge in [0.25, 0.3) is 0 Å². The molecule has 28 heavy (non-hydrogen) atoms. The molecule has 0 unspecified atom stereocenters. The van der Waals surface area contributed by atoms with E-state index >= 15 is 0 Å².